The molecule has 1 heterocycles. The van der Waals surface area contributed by atoms with Crippen molar-refractivity contribution in [3.8, 4) is 16.3 Å². The molecule has 30 heavy (non-hydrogen) atoms. The Morgan fingerprint density at radius 2 is 1.97 bits per heavy atom. The lowest BCUT2D eigenvalue weighted by Crippen LogP contribution is -2.13. The number of nitrogens with one attached hydrogen (secondary N) is 1. The lowest BCUT2D eigenvalue weighted by molar-refractivity contribution is -0.139. The Morgan fingerprint density at radius 3 is 2.63 bits per heavy atom. The summed E-state index contributed by atoms with van der Waals surface area (Å²) in [7, 11) is 0. The van der Waals surface area contributed by atoms with E-state index in [4.69, 9.17) is 9.84 Å². The molecule has 0 saturated carbocycles. The van der Waals surface area contributed by atoms with E-state index in [1.54, 1.807) is 19.1 Å². The van der Waals surface area contributed by atoms with Crippen LogP contribution in [-0.2, 0) is 11.0 Å². The zero-order chi connectivity index (χ0) is 21.9. The van der Waals surface area contributed by atoms with Gasteiger partial charge in [0, 0.05) is 16.6 Å². The highest BCUT2D eigenvalue weighted by Gasteiger charge is 2.30. The highest BCUT2D eigenvalue weighted by atomic mass is 32.1. The predicted octanol–water partition coefficient (Wildman–Crippen LogP) is 4.85. The standard InChI is InChI=1S/C20H15F3N2O4S/c1-11-7-14(29-9-17(26)27)5-6-15(11)24-18(28)16-10-30-19(25-16)12-3-2-4-13(8-12)20(21,22)23/h2-8,10H,9H2,1H3,(H,24,28)(H,26,27). The van der Waals surface area contributed by atoms with Crippen molar-refractivity contribution in [3.63, 3.8) is 0 Å². The minimum atomic E-state index is -4.47. The molecule has 0 saturated heterocycles. The Morgan fingerprint density at radius 1 is 1.20 bits per heavy atom. The molecule has 0 radical (unpaired) electrons. The zero-order valence-electron chi connectivity index (χ0n) is 15.5. The third-order valence-electron chi connectivity index (χ3n) is 3.98. The van der Waals surface area contributed by atoms with Gasteiger partial charge in [-0.3, -0.25) is 4.79 Å². The summed E-state index contributed by atoms with van der Waals surface area (Å²) < 4.78 is 43.8. The number of nitrogens with zero attached hydrogens (tertiary/aromatic N) is 1. The molecule has 156 valence electrons. The van der Waals surface area contributed by atoms with Crippen LogP contribution in [0.1, 0.15) is 21.6 Å². The molecule has 1 aromatic heterocycles. The maximum atomic E-state index is 12.9. The number of halogens is 3. The van der Waals surface area contributed by atoms with Crippen molar-refractivity contribution >= 4 is 28.9 Å². The summed E-state index contributed by atoms with van der Waals surface area (Å²) in [6, 6.07) is 9.39. The number of hydrogen-bond donors (Lipinski definition) is 2. The molecule has 2 aromatic carbocycles. The maximum absolute atomic E-state index is 12.9. The second kappa shape index (κ2) is 8.54. The van der Waals surface area contributed by atoms with Crippen LogP contribution in [0, 0.1) is 6.92 Å². The number of benzene rings is 2. The molecule has 1 amide bonds. The fourth-order valence-corrected chi connectivity index (χ4v) is 3.33. The lowest BCUT2D eigenvalue weighted by atomic mass is 10.1. The number of rotatable bonds is 6. The van der Waals surface area contributed by atoms with E-state index in [-0.39, 0.29) is 11.3 Å². The number of alkyl halides is 3. The summed E-state index contributed by atoms with van der Waals surface area (Å²) >= 11 is 1.06. The number of carboxylic acid groups (broad SMARTS) is 1. The number of aryl methyl sites for hydroxylation is 1. The van der Waals surface area contributed by atoms with Gasteiger partial charge in [-0.1, -0.05) is 12.1 Å². The van der Waals surface area contributed by atoms with E-state index >= 15 is 0 Å². The molecule has 2 N–H and O–H groups in total. The Balaban J connectivity index is 1.74. The van der Waals surface area contributed by atoms with E-state index in [1.807, 2.05) is 0 Å². The average molecular weight is 436 g/mol. The van der Waals surface area contributed by atoms with Crippen LogP contribution in [0.3, 0.4) is 0 Å². The summed E-state index contributed by atoms with van der Waals surface area (Å²) in [4.78, 5) is 27.2. The van der Waals surface area contributed by atoms with E-state index in [9.17, 15) is 22.8 Å². The van der Waals surface area contributed by atoms with Crippen molar-refractivity contribution < 1.29 is 32.6 Å². The topological polar surface area (TPSA) is 88.5 Å². The minimum absolute atomic E-state index is 0.0676. The monoisotopic (exact) mass is 436 g/mol. The van der Waals surface area contributed by atoms with Crippen LogP contribution in [0.15, 0.2) is 47.8 Å². The van der Waals surface area contributed by atoms with E-state index < -0.39 is 30.2 Å². The molecule has 0 bridgehead atoms. The van der Waals surface area contributed by atoms with Gasteiger partial charge < -0.3 is 15.2 Å². The number of aromatic nitrogens is 1. The van der Waals surface area contributed by atoms with Gasteiger partial charge in [0.25, 0.3) is 5.91 Å². The number of hydrogen-bond acceptors (Lipinski definition) is 5. The van der Waals surface area contributed by atoms with Crippen LogP contribution in [0.4, 0.5) is 18.9 Å². The minimum Gasteiger partial charge on any atom is -0.482 e. The first-order chi connectivity index (χ1) is 14.1. The van der Waals surface area contributed by atoms with Crippen LogP contribution in [0.2, 0.25) is 0 Å². The maximum Gasteiger partial charge on any atom is 0.416 e. The van der Waals surface area contributed by atoms with Gasteiger partial charge in [0.2, 0.25) is 0 Å². The highest BCUT2D eigenvalue weighted by molar-refractivity contribution is 7.13. The van der Waals surface area contributed by atoms with E-state index in [2.05, 4.69) is 10.3 Å². The largest absolute Gasteiger partial charge is 0.482 e. The van der Waals surface area contributed by atoms with Gasteiger partial charge >= 0.3 is 12.1 Å². The number of thiazole rings is 1. The van der Waals surface area contributed by atoms with Crippen LogP contribution in [0.25, 0.3) is 10.6 Å². The molecule has 0 atom stereocenters. The molecule has 6 nitrogen and oxygen atoms in total. The quantitative estimate of drug-likeness (QED) is 0.577. The molecule has 10 heteroatoms. The molecule has 0 aliphatic rings. The molecule has 3 aromatic rings. The van der Waals surface area contributed by atoms with Crippen molar-refractivity contribution in [1.29, 1.82) is 0 Å². The van der Waals surface area contributed by atoms with Gasteiger partial charge in [0.1, 0.15) is 16.5 Å². The second-order valence-corrected chi connectivity index (χ2v) is 7.09. The van der Waals surface area contributed by atoms with Crippen LogP contribution >= 0.6 is 11.3 Å². The van der Waals surface area contributed by atoms with Gasteiger partial charge in [0.15, 0.2) is 6.61 Å². The first-order valence-corrected chi connectivity index (χ1v) is 9.41. The molecule has 0 unspecified atom stereocenters. The van der Waals surface area contributed by atoms with E-state index in [1.165, 1.54) is 23.6 Å². The van der Waals surface area contributed by atoms with Gasteiger partial charge in [-0.05, 0) is 42.8 Å². The number of carbonyl (C=O) groups is 2. The van der Waals surface area contributed by atoms with Crippen molar-refractivity contribution in [1.82, 2.24) is 4.98 Å². The van der Waals surface area contributed by atoms with Gasteiger partial charge in [-0.2, -0.15) is 13.2 Å². The van der Waals surface area contributed by atoms with E-state index in [0.717, 1.165) is 23.5 Å². The van der Waals surface area contributed by atoms with Crippen LogP contribution in [0.5, 0.6) is 5.75 Å². The van der Waals surface area contributed by atoms with E-state index in [0.29, 0.717) is 22.0 Å². The first kappa shape index (κ1) is 21.3. The van der Waals surface area contributed by atoms with Crippen molar-refractivity contribution in [2.24, 2.45) is 0 Å². The van der Waals surface area contributed by atoms with Crippen molar-refractivity contribution in [3.05, 3.63) is 64.7 Å². The molecule has 0 aliphatic carbocycles. The third-order valence-corrected chi connectivity index (χ3v) is 4.87. The zero-order valence-corrected chi connectivity index (χ0v) is 16.3. The molecule has 0 fully saturated rings. The summed E-state index contributed by atoms with van der Waals surface area (Å²) in [6.07, 6.45) is -4.47. The molecule has 0 aliphatic heterocycles. The highest BCUT2D eigenvalue weighted by Crippen LogP contribution is 2.33. The summed E-state index contributed by atoms with van der Waals surface area (Å²) in [5, 5.41) is 13.1. The Bertz CT molecular complexity index is 1100. The molecule has 0 spiro atoms. The first-order valence-electron chi connectivity index (χ1n) is 8.53. The van der Waals surface area contributed by atoms with Crippen molar-refractivity contribution in [2.75, 3.05) is 11.9 Å². The van der Waals surface area contributed by atoms with Gasteiger partial charge in [-0.25, -0.2) is 9.78 Å². The third kappa shape index (κ3) is 5.15. The smallest absolute Gasteiger partial charge is 0.416 e. The summed E-state index contributed by atoms with van der Waals surface area (Å²) in [6.45, 7) is 1.22. The number of carbonyl (C=O) groups excluding carboxylic acids is 1. The van der Waals surface area contributed by atoms with Crippen molar-refractivity contribution in [2.45, 2.75) is 13.1 Å². The fraction of sp³-hybridized carbons (Fsp3) is 0.150. The van der Waals surface area contributed by atoms with Crippen LogP contribution < -0.4 is 10.1 Å². The lowest BCUT2D eigenvalue weighted by Gasteiger charge is -2.10. The number of aliphatic carboxylic acids is 1. The summed E-state index contributed by atoms with van der Waals surface area (Å²) in [5.41, 5.74) is 0.654. The second-order valence-electron chi connectivity index (χ2n) is 6.23. The fourth-order valence-electron chi connectivity index (χ4n) is 2.54. The SMILES string of the molecule is Cc1cc(OCC(=O)O)ccc1NC(=O)c1csc(-c2cccc(C(F)(F)F)c2)n1. The number of anilines is 1. The Hall–Kier alpha value is -3.40. The predicted molar refractivity (Wildman–Crippen MR) is 105 cm³/mol. The number of carboxylic acids is 1. The van der Waals surface area contributed by atoms with Gasteiger partial charge in [-0.15, -0.1) is 11.3 Å². The molecular weight excluding hydrogens is 421 g/mol. The van der Waals surface area contributed by atoms with Crippen LogP contribution in [-0.4, -0.2) is 28.6 Å². The normalized spacial score (nSPS) is 11.2. The summed E-state index contributed by atoms with van der Waals surface area (Å²) in [5.74, 6) is -1.29. The molecule has 3 rings (SSSR count). The van der Waals surface area contributed by atoms with Gasteiger partial charge in [0.05, 0.1) is 5.56 Å². The Kier molecular flexibility index (Phi) is 6.06. The molecular formula is C20H15F3N2O4S. The Labute approximate surface area is 173 Å². The number of amides is 1. The average Bonchev–Trinajstić information content (AvgIpc) is 3.18. The number of ether oxygens (including phenoxy) is 1.